The van der Waals surface area contributed by atoms with Gasteiger partial charge in [-0.15, -0.1) is 0 Å². The zero-order valence-electron chi connectivity index (χ0n) is 16.0. The van der Waals surface area contributed by atoms with Crippen molar-refractivity contribution in [2.45, 2.75) is 26.5 Å². The molecule has 0 aliphatic rings. The molecule has 0 radical (unpaired) electrons. The first-order chi connectivity index (χ1) is 13.5. The van der Waals surface area contributed by atoms with Gasteiger partial charge in [0.2, 0.25) is 0 Å². The van der Waals surface area contributed by atoms with Crippen LogP contribution in [0.15, 0.2) is 59.4 Å². The second-order valence-corrected chi connectivity index (χ2v) is 6.43. The highest BCUT2D eigenvalue weighted by molar-refractivity contribution is 5.94. The fourth-order valence-corrected chi connectivity index (χ4v) is 2.64. The van der Waals surface area contributed by atoms with Gasteiger partial charge in [-0.25, -0.2) is 0 Å². The second-order valence-electron chi connectivity index (χ2n) is 6.43. The third-order valence-electron chi connectivity index (χ3n) is 4.47. The minimum Gasteiger partial charge on any atom is -0.486 e. The number of ketones is 1. The molecule has 1 atom stereocenters. The molecule has 7 nitrogen and oxygen atoms in total. The number of Topliss-reactive ketones (excluding diaryl/α,β-unsaturated/α-hetero) is 1. The lowest BCUT2D eigenvalue weighted by Gasteiger charge is -2.24. The fourth-order valence-electron chi connectivity index (χ4n) is 2.64. The monoisotopic (exact) mass is 379 g/mol. The van der Waals surface area contributed by atoms with Crippen LogP contribution in [0.5, 0.6) is 5.75 Å². The van der Waals surface area contributed by atoms with Gasteiger partial charge in [0.15, 0.2) is 17.2 Å². The van der Waals surface area contributed by atoms with Crippen LogP contribution < -0.4 is 4.74 Å². The zero-order chi connectivity index (χ0) is 20.1. The van der Waals surface area contributed by atoms with Crippen LogP contribution in [-0.2, 0) is 6.61 Å². The molecular weight excluding hydrogens is 358 g/mol. The lowest BCUT2D eigenvalue weighted by Crippen LogP contribution is -2.29. The molecule has 28 heavy (non-hydrogen) atoms. The van der Waals surface area contributed by atoms with E-state index in [-0.39, 0.29) is 30.0 Å². The standard InChI is InChI=1S/C21H21N3O4/c1-14(17-7-5-9-22-12-17)24(3)21(26)20-11-19(28-23-20)13-27-18-8-4-6-16(10-18)15(2)25/h4-12,14H,13H2,1-3H3. The van der Waals surface area contributed by atoms with Crippen LogP contribution in [-0.4, -0.2) is 33.8 Å². The van der Waals surface area contributed by atoms with E-state index in [0.717, 1.165) is 5.56 Å². The van der Waals surface area contributed by atoms with Gasteiger partial charge in [0.1, 0.15) is 12.4 Å². The minimum absolute atomic E-state index is 0.0382. The maximum absolute atomic E-state index is 12.7. The molecule has 0 aliphatic heterocycles. The molecule has 0 saturated heterocycles. The summed E-state index contributed by atoms with van der Waals surface area (Å²) in [5.74, 6) is 0.659. The van der Waals surface area contributed by atoms with Crippen LogP contribution in [0.25, 0.3) is 0 Å². The van der Waals surface area contributed by atoms with E-state index in [0.29, 0.717) is 17.1 Å². The summed E-state index contributed by atoms with van der Waals surface area (Å²) < 4.78 is 10.9. The van der Waals surface area contributed by atoms with Crippen LogP contribution in [0.3, 0.4) is 0 Å². The highest BCUT2D eigenvalue weighted by atomic mass is 16.5. The van der Waals surface area contributed by atoms with Crippen molar-refractivity contribution >= 4 is 11.7 Å². The summed E-state index contributed by atoms with van der Waals surface area (Å²) >= 11 is 0. The van der Waals surface area contributed by atoms with Gasteiger partial charge in [0, 0.05) is 31.1 Å². The number of pyridine rings is 1. The van der Waals surface area contributed by atoms with Crippen molar-refractivity contribution < 1.29 is 18.8 Å². The van der Waals surface area contributed by atoms with Crippen LogP contribution in [0, 0.1) is 0 Å². The molecule has 0 fully saturated rings. The van der Waals surface area contributed by atoms with Gasteiger partial charge in [-0.05, 0) is 37.6 Å². The van der Waals surface area contributed by atoms with E-state index >= 15 is 0 Å². The predicted octanol–water partition coefficient (Wildman–Crippen LogP) is 3.68. The van der Waals surface area contributed by atoms with Gasteiger partial charge in [0.05, 0.1) is 6.04 Å². The van der Waals surface area contributed by atoms with E-state index in [4.69, 9.17) is 9.26 Å². The summed E-state index contributed by atoms with van der Waals surface area (Å²) in [7, 11) is 1.71. The van der Waals surface area contributed by atoms with Gasteiger partial charge in [-0.3, -0.25) is 14.6 Å². The van der Waals surface area contributed by atoms with Crippen LogP contribution in [0.2, 0.25) is 0 Å². The number of carbonyl (C=O) groups is 2. The SMILES string of the molecule is CC(=O)c1cccc(OCc2cc(C(=O)N(C)C(C)c3cccnc3)no2)c1. The molecule has 0 aliphatic carbocycles. The number of aromatic nitrogens is 2. The summed E-state index contributed by atoms with van der Waals surface area (Å²) in [5, 5.41) is 3.86. The molecule has 2 heterocycles. The quantitative estimate of drug-likeness (QED) is 0.582. The highest BCUT2D eigenvalue weighted by Crippen LogP contribution is 2.20. The van der Waals surface area contributed by atoms with Crippen LogP contribution >= 0.6 is 0 Å². The van der Waals surface area contributed by atoms with Crippen molar-refractivity contribution in [3.63, 3.8) is 0 Å². The Labute approximate surface area is 162 Å². The predicted molar refractivity (Wildman–Crippen MR) is 102 cm³/mol. The molecule has 7 heteroatoms. The highest BCUT2D eigenvalue weighted by Gasteiger charge is 2.22. The van der Waals surface area contributed by atoms with Crippen molar-refractivity contribution in [3.8, 4) is 5.75 Å². The third-order valence-corrected chi connectivity index (χ3v) is 4.47. The number of nitrogens with zero attached hydrogens (tertiary/aromatic N) is 3. The molecule has 3 aromatic rings. The van der Waals surface area contributed by atoms with Gasteiger partial charge in [-0.2, -0.15) is 0 Å². The Morgan fingerprint density at radius 3 is 2.75 bits per heavy atom. The van der Waals surface area contributed by atoms with Crippen molar-refractivity contribution in [2.75, 3.05) is 7.05 Å². The summed E-state index contributed by atoms with van der Waals surface area (Å²) in [6, 6.07) is 12.0. The summed E-state index contributed by atoms with van der Waals surface area (Å²) in [5.41, 5.74) is 1.70. The average Bonchev–Trinajstić information content (AvgIpc) is 3.20. The molecular formula is C21H21N3O4. The molecule has 0 spiro atoms. The van der Waals surface area contributed by atoms with E-state index < -0.39 is 0 Å². The second kappa shape index (κ2) is 8.47. The normalized spacial score (nSPS) is 11.7. The largest absolute Gasteiger partial charge is 0.486 e. The van der Waals surface area contributed by atoms with E-state index in [1.54, 1.807) is 54.7 Å². The van der Waals surface area contributed by atoms with Crippen molar-refractivity contribution in [2.24, 2.45) is 0 Å². The summed E-state index contributed by atoms with van der Waals surface area (Å²) in [6.07, 6.45) is 3.42. The Morgan fingerprint density at radius 1 is 1.21 bits per heavy atom. The minimum atomic E-state index is -0.259. The third kappa shape index (κ3) is 4.43. The fraction of sp³-hybridized carbons (Fsp3) is 0.238. The van der Waals surface area contributed by atoms with Crippen LogP contribution in [0.4, 0.5) is 0 Å². The van der Waals surface area contributed by atoms with Gasteiger partial charge < -0.3 is 14.2 Å². The molecule has 144 valence electrons. The van der Waals surface area contributed by atoms with Gasteiger partial charge in [0.25, 0.3) is 5.91 Å². The Balaban J connectivity index is 1.64. The Morgan fingerprint density at radius 2 is 2.04 bits per heavy atom. The molecule has 1 unspecified atom stereocenters. The van der Waals surface area contributed by atoms with Crippen molar-refractivity contribution in [1.82, 2.24) is 15.0 Å². The lowest BCUT2D eigenvalue weighted by atomic mass is 10.1. The first-order valence-corrected chi connectivity index (χ1v) is 8.82. The number of ether oxygens (including phenoxy) is 1. The summed E-state index contributed by atoms with van der Waals surface area (Å²) in [4.78, 5) is 29.8. The molecule has 3 rings (SSSR count). The molecule has 1 aromatic carbocycles. The van der Waals surface area contributed by atoms with E-state index in [1.807, 2.05) is 19.1 Å². The molecule has 0 bridgehead atoms. The maximum atomic E-state index is 12.7. The number of hydrogen-bond acceptors (Lipinski definition) is 6. The number of amides is 1. The molecule has 0 N–H and O–H groups in total. The Bertz CT molecular complexity index is 969. The number of hydrogen-bond donors (Lipinski definition) is 0. The Hall–Kier alpha value is -3.48. The van der Waals surface area contributed by atoms with Gasteiger partial charge in [-0.1, -0.05) is 23.4 Å². The molecule has 0 saturated carbocycles. The van der Waals surface area contributed by atoms with E-state index in [2.05, 4.69) is 10.1 Å². The number of carbonyl (C=O) groups excluding carboxylic acids is 2. The first-order valence-electron chi connectivity index (χ1n) is 8.82. The first kappa shape index (κ1) is 19.3. The maximum Gasteiger partial charge on any atom is 0.276 e. The van der Waals surface area contributed by atoms with E-state index in [1.165, 1.54) is 6.92 Å². The zero-order valence-corrected chi connectivity index (χ0v) is 16.0. The van der Waals surface area contributed by atoms with Crippen molar-refractivity contribution in [1.29, 1.82) is 0 Å². The molecule has 2 aromatic heterocycles. The lowest BCUT2D eigenvalue weighted by molar-refractivity contribution is 0.0731. The molecule has 1 amide bonds. The summed E-state index contributed by atoms with van der Waals surface area (Å²) in [6.45, 7) is 3.51. The number of rotatable bonds is 7. The smallest absolute Gasteiger partial charge is 0.276 e. The van der Waals surface area contributed by atoms with E-state index in [9.17, 15) is 9.59 Å². The number of benzene rings is 1. The topological polar surface area (TPSA) is 85.5 Å². The Kier molecular flexibility index (Phi) is 5.84. The average molecular weight is 379 g/mol. The van der Waals surface area contributed by atoms with Gasteiger partial charge >= 0.3 is 0 Å². The van der Waals surface area contributed by atoms with Crippen molar-refractivity contribution in [3.05, 3.63) is 77.4 Å². The van der Waals surface area contributed by atoms with Crippen LogP contribution in [0.1, 0.15) is 52.1 Å².